The van der Waals surface area contributed by atoms with Crippen LogP contribution in [-0.4, -0.2) is 26.9 Å². The zero-order valence-corrected chi connectivity index (χ0v) is 16.0. The van der Waals surface area contributed by atoms with E-state index < -0.39 is 8.07 Å². The topological polar surface area (TPSA) is 0 Å². The Morgan fingerprint density at radius 2 is 1.52 bits per heavy atom. The average molecular weight is 337 g/mol. The van der Waals surface area contributed by atoms with Gasteiger partial charge in [-0.2, -0.15) is 0 Å². The summed E-state index contributed by atoms with van der Waals surface area (Å²) in [7, 11) is -1.67. The molecule has 123 valence electrons. The van der Waals surface area contributed by atoms with Gasteiger partial charge < -0.3 is 0 Å². The van der Waals surface area contributed by atoms with E-state index in [4.69, 9.17) is 0 Å². The van der Waals surface area contributed by atoms with Crippen molar-refractivity contribution in [1.29, 1.82) is 0 Å². The summed E-state index contributed by atoms with van der Waals surface area (Å²) in [5.74, 6) is 0.569. The summed E-state index contributed by atoms with van der Waals surface area (Å²) in [5.41, 5.74) is 9.56. The molecule has 4 rings (SSSR count). The maximum atomic E-state index is 2.54. The standard InChI is InChI=1S/C23H25Si.Li.H/c1-16(2)21-15-23(20-12-8-7-11-19(20)21)24(3,4)22-14-13-17-9-5-6-10-18(17)22;;/h5-16,22H,1-4H3;;. The van der Waals surface area contributed by atoms with Crippen LogP contribution in [0.2, 0.25) is 13.1 Å². The fourth-order valence-electron chi connectivity index (χ4n) is 4.34. The van der Waals surface area contributed by atoms with Crippen molar-refractivity contribution in [3.63, 3.8) is 0 Å². The average Bonchev–Trinajstić information content (AvgIpc) is 3.17. The number of hydrogen-bond acceptors (Lipinski definition) is 0. The fourth-order valence-corrected chi connectivity index (χ4v) is 7.73. The predicted molar refractivity (Wildman–Crippen MR) is 114 cm³/mol. The molecule has 0 saturated heterocycles. The molecule has 1 unspecified atom stereocenters. The number of allylic oxidation sites excluding steroid dienone is 3. The van der Waals surface area contributed by atoms with Crippen LogP contribution in [0.3, 0.4) is 0 Å². The molecule has 1 radical (unpaired) electrons. The fraction of sp³-hybridized carbons (Fsp3) is 0.261. The Balaban J connectivity index is 0.00000182. The van der Waals surface area contributed by atoms with Gasteiger partial charge in [0.15, 0.2) is 0 Å². The van der Waals surface area contributed by atoms with Gasteiger partial charge in [-0.3, -0.25) is 0 Å². The van der Waals surface area contributed by atoms with Gasteiger partial charge in [0.05, 0.1) is 8.07 Å². The van der Waals surface area contributed by atoms with Gasteiger partial charge in [0.1, 0.15) is 0 Å². The second-order valence-corrected chi connectivity index (χ2v) is 12.5. The van der Waals surface area contributed by atoms with E-state index in [9.17, 15) is 0 Å². The first-order valence-corrected chi connectivity index (χ1v) is 12.0. The molecule has 25 heavy (non-hydrogen) atoms. The van der Waals surface area contributed by atoms with Gasteiger partial charge in [-0.15, -0.1) is 0 Å². The van der Waals surface area contributed by atoms with Crippen LogP contribution >= 0.6 is 0 Å². The zero-order valence-electron chi connectivity index (χ0n) is 15.0. The Morgan fingerprint density at radius 3 is 2.24 bits per heavy atom. The Labute approximate surface area is 165 Å². The molecule has 0 amide bonds. The predicted octanol–water partition coefficient (Wildman–Crippen LogP) is 5.61. The van der Waals surface area contributed by atoms with Gasteiger partial charge in [-0.05, 0) is 39.3 Å². The number of benzene rings is 2. The quantitative estimate of drug-likeness (QED) is 0.639. The van der Waals surface area contributed by atoms with Crippen LogP contribution in [0.15, 0.2) is 60.7 Å². The van der Waals surface area contributed by atoms with Gasteiger partial charge in [-0.25, -0.2) is 0 Å². The van der Waals surface area contributed by atoms with Gasteiger partial charge in [0.2, 0.25) is 0 Å². The van der Waals surface area contributed by atoms with E-state index in [1.54, 1.807) is 5.54 Å². The van der Waals surface area contributed by atoms with E-state index in [1.165, 1.54) is 27.8 Å². The Kier molecular flexibility index (Phi) is 5.04. The van der Waals surface area contributed by atoms with Crippen molar-refractivity contribution >= 4 is 38.6 Å². The van der Waals surface area contributed by atoms with E-state index in [0.29, 0.717) is 11.5 Å². The zero-order chi connectivity index (χ0) is 16.9. The van der Waals surface area contributed by atoms with Crippen LogP contribution in [0.25, 0.3) is 11.6 Å². The normalized spacial score (nSPS) is 18.8. The molecule has 2 aliphatic rings. The third-order valence-corrected chi connectivity index (χ3v) is 9.58. The molecule has 0 aliphatic heterocycles. The Hall–Kier alpha value is -1.27. The van der Waals surface area contributed by atoms with Crippen molar-refractivity contribution in [2.24, 2.45) is 5.92 Å². The van der Waals surface area contributed by atoms with Crippen molar-refractivity contribution < 1.29 is 0 Å². The van der Waals surface area contributed by atoms with Crippen LogP contribution in [-0.2, 0) is 0 Å². The summed E-state index contributed by atoms with van der Waals surface area (Å²) in [6.45, 7) is 9.70. The molecule has 0 N–H and O–H groups in total. The Bertz CT molecular complexity index is 845. The summed E-state index contributed by atoms with van der Waals surface area (Å²) in [6, 6.07) is 17.9. The van der Waals surface area contributed by atoms with Crippen molar-refractivity contribution in [1.82, 2.24) is 0 Å². The van der Waals surface area contributed by atoms with Gasteiger partial charge >= 0.3 is 18.9 Å². The molecule has 0 spiro atoms. The second-order valence-electron chi connectivity index (χ2n) is 7.90. The van der Waals surface area contributed by atoms with Crippen LogP contribution in [0.1, 0.15) is 41.6 Å². The number of rotatable bonds is 3. The molecule has 0 fully saturated rings. The van der Waals surface area contributed by atoms with E-state index in [1.807, 2.05) is 0 Å². The molecule has 0 bridgehead atoms. The van der Waals surface area contributed by atoms with E-state index in [0.717, 1.165) is 0 Å². The Morgan fingerprint density at radius 1 is 0.880 bits per heavy atom. The summed E-state index contributed by atoms with van der Waals surface area (Å²) < 4.78 is 0. The molecule has 2 aliphatic carbocycles. The summed E-state index contributed by atoms with van der Waals surface area (Å²) >= 11 is 0. The third kappa shape index (κ3) is 2.93. The van der Waals surface area contributed by atoms with Crippen molar-refractivity contribution in [3.8, 4) is 0 Å². The minimum absolute atomic E-state index is 0. The number of fused-ring (bicyclic) bond motifs is 2. The molecule has 2 aromatic carbocycles. The van der Waals surface area contributed by atoms with Gasteiger partial charge in [0, 0.05) is 5.54 Å². The maximum absolute atomic E-state index is 2.54. The van der Waals surface area contributed by atoms with Gasteiger partial charge in [0.25, 0.3) is 0 Å². The van der Waals surface area contributed by atoms with Crippen LogP contribution in [0.4, 0.5) is 0 Å². The minimum atomic E-state index is -1.67. The van der Waals surface area contributed by atoms with E-state index in [-0.39, 0.29) is 18.9 Å². The molecule has 2 aromatic rings. The molecule has 0 aromatic heterocycles. The monoisotopic (exact) mass is 337 g/mol. The van der Waals surface area contributed by atoms with Gasteiger partial charge in [-0.1, -0.05) is 93.7 Å². The summed E-state index contributed by atoms with van der Waals surface area (Å²) in [4.78, 5) is 0. The van der Waals surface area contributed by atoms with Crippen molar-refractivity contribution in [2.75, 3.05) is 0 Å². The summed E-state index contributed by atoms with van der Waals surface area (Å²) in [5, 5.41) is 0. The van der Waals surface area contributed by atoms with E-state index >= 15 is 0 Å². The van der Waals surface area contributed by atoms with E-state index in [2.05, 4.69) is 93.7 Å². The first kappa shape index (κ1) is 18.5. The first-order chi connectivity index (χ1) is 11.5. The van der Waals surface area contributed by atoms with Crippen LogP contribution < -0.4 is 0 Å². The third-order valence-electron chi connectivity index (χ3n) is 5.72. The first-order valence-electron chi connectivity index (χ1n) is 8.96. The number of hydrogen-bond donors (Lipinski definition) is 0. The molecule has 0 nitrogen and oxygen atoms in total. The van der Waals surface area contributed by atoms with Crippen LogP contribution in [0, 0.1) is 11.5 Å². The molecule has 0 saturated carbocycles. The second kappa shape index (κ2) is 6.80. The van der Waals surface area contributed by atoms with Crippen LogP contribution in [0.5, 0.6) is 0 Å². The molecule has 2 heteroatoms. The SMILES string of the molecule is CC(C)C1=C[C]([Si](C)(C)C2C=Cc3ccccc32)c2ccccc21.[LiH]. The van der Waals surface area contributed by atoms with Crippen molar-refractivity contribution in [2.45, 2.75) is 32.5 Å². The molecular formula is C23H26LiSi. The molecular weight excluding hydrogens is 311 g/mol. The summed E-state index contributed by atoms with van der Waals surface area (Å²) in [6.07, 6.45) is 7.30. The molecule has 1 atom stereocenters. The molecule has 0 heterocycles. The van der Waals surface area contributed by atoms with Crippen molar-refractivity contribution in [3.05, 3.63) is 88.5 Å².